The van der Waals surface area contributed by atoms with Gasteiger partial charge in [0.05, 0.1) is 24.1 Å². The van der Waals surface area contributed by atoms with Gasteiger partial charge in [0.25, 0.3) is 0 Å². The summed E-state index contributed by atoms with van der Waals surface area (Å²) in [7, 11) is 0. The van der Waals surface area contributed by atoms with Gasteiger partial charge in [0.15, 0.2) is 11.0 Å². The van der Waals surface area contributed by atoms with Crippen molar-refractivity contribution in [2.45, 2.75) is 49.9 Å². The molecule has 2 aromatic heterocycles. The second-order valence-corrected chi connectivity index (χ2v) is 9.17. The Morgan fingerprint density at radius 3 is 2.64 bits per heavy atom. The molecule has 1 aliphatic carbocycles. The molecule has 0 radical (unpaired) electrons. The first-order valence-electron chi connectivity index (χ1n) is 11.2. The van der Waals surface area contributed by atoms with E-state index in [0.29, 0.717) is 23.1 Å². The molecule has 8 heteroatoms. The molecule has 7 nitrogen and oxygen atoms in total. The first kappa shape index (κ1) is 21.6. The van der Waals surface area contributed by atoms with Gasteiger partial charge < -0.3 is 14.3 Å². The Morgan fingerprint density at radius 1 is 1.09 bits per heavy atom. The maximum absolute atomic E-state index is 12.4. The van der Waals surface area contributed by atoms with Crippen LogP contribution >= 0.6 is 11.8 Å². The van der Waals surface area contributed by atoms with E-state index in [9.17, 15) is 9.90 Å². The number of hydrogen-bond donors (Lipinski definition) is 1. The van der Waals surface area contributed by atoms with Crippen molar-refractivity contribution in [2.24, 2.45) is 0 Å². The Labute approximate surface area is 195 Å². The zero-order chi connectivity index (χ0) is 22.6. The maximum atomic E-state index is 12.4. The van der Waals surface area contributed by atoms with Gasteiger partial charge in [-0.15, -0.1) is 10.2 Å². The van der Waals surface area contributed by atoms with Crippen LogP contribution in [0.5, 0.6) is 5.75 Å². The summed E-state index contributed by atoms with van der Waals surface area (Å²) in [6, 6.07) is 15.1. The van der Waals surface area contributed by atoms with Gasteiger partial charge in [0, 0.05) is 0 Å². The molecular formula is C25H25N3O4S. The molecule has 0 atom stereocenters. The zero-order valence-electron chi connectivity index (χ0n) is 18.1. The van der Waals surface area contributed by atoms with Crippen LogP contribution in [0, 0.1) is 0 Å². The van der Waals surface area contributed by atoms with Crippen LogP contribution in [0.3, 0.4) is 0 Å². The smallest absolute Gasteiger partial charge is 0.316 e. The van der Waals surface area contributed by atoms with Crippen LogP contribution in [-0.4, -0.2) is 37.7 Å². The van der Waals surface area contributed by atoms with Gasteiger partial charge in [-0.25, -0.2) is 0 Å². The number of benzene rings is 2. The number of phenols is 1. The minimum absolute atomic E-state index is 0.0259. The minimum atomic E-state index is -0.241. The maximum Gasteiger partial charge on any atom is 0.316 e. The van der Waals surface area contributed by atoms with Gasteiger partial charge in [-0.05, 0) is 60.7 Å². The number of carbonyl (C=O) groups is 1. The van der Waals surface area contributed by atoms with Crippen LogP contribution in [0.2, 0.25) is 0 Å². The van der Waals surface area contributed by atoms with Crippen molar-refractivity contribution in [3.05, 3.63) is 60.6 Å². The van der Waals surface area contributed by atoms with Crippen molar-refractivity contribution in [1.29, 1.82) is 0 Å². The molecule has 0 amide bonds. The quantitative estimate of drug-likeness (QED) is 0.289. The molecule has 2 aromatic carbocycles. The number of phenolic OH excluding ortho intramolecular Hbond substituents is 1. The van der Waals surface area contributed by atoms with Crippen molar-refractivity contribution >= 4 is 28.5 Å². The Hall–Kier alpha value is -3.26. The fraction of sp³-hybridized carbons (Fsp3) is 0.320. The Balaban J connectivity index is 1.41. The number of thioether (sulfide) groups is 1. The lowest BCUT2D eigenvalue weighted by atomic mass is 9.98. The normalized spacial score (nSPS) is 14.5. The summed E-state index contributed by atoms with van der Waals surface area (Å²) in [4.78, 5) is 12.4. The highest BCUT2D eigenvalue weighted by Crippen LogP contribution is 2.34. The van der Waals surface area contributed by atoms with E-state index in [1.54, 1.807) is 12.3 Å². The van der Waals surface area contributed by atoms with Gasteiger partial charge in [0.1, 0.15) is 17.6 Å². The first-order valence-corrected chi connectivity index (χ1v) is 12.2. The second-order valence-electron chi connectivity index (χ2n) is 8.23. The lowest BCUT2D eigenvalue weighted by Gasteiger charge is -2.21. The molecule has 1 fully saturated rings. The molecular weight excluding hydrogens is 438 g/mol. The number of rotatable bonds is 7. The van der Waals surface area contributed by atoms with E-state index in [-0.39, 0.29) is 23.6 Å². The van der Waals surface area contributed by atoms with E-state index in [1.165, 1.54) is 18.2 Å². The summed E-state index contributed by atoms with van der Waals surface area (Å²) in [6.07, 6.45) is 6.96. The Bertz CT molecular complexity index is 1250. The lowest BCUT2D eigenvalue weighted by molar-refractivity contribution is -0.147. The topological polar surface area (TPSA) is 90.4 Å². The van der Waals surface area contributed by atoms with E-state index < -0.39 is 0 Å². The third-order valence-corrected chi connectivity index (χ3v) is 6.83. The molecule has 170 valence electrons. The Morgan fingerprint density at radius 2 is 1.88 bits per heavy atom. The largest absolute Gasteiger partial charge is 0.507 e. The predicted octanol–water partition coefficient (Wildman–Crippen LogP) is 5.41. The molecule has 1 aliphatic rings. The van der Waals surface area contributed by atoms with Gasteiger partial charge in [-0.3, -0.25) is 9.36 Å². The Kier molecular flexibility index (Phi) is 6.35. The third kappa shape index (κ3) is 4.90. The minimum Gasteiger partial charge on any atom is -0.507 e. The number of aromatic nitrogens is 3. The van der Waals surface area contributed by atoms with Gasteiger partial charge in [-0.2, -0.15) is 0 Å². The summed E-state index contributed by atoms with van der Waals surface area (Å²) < 4.78 is 13.0. The van der Waals surface area contributed by atoms with E-state index in [1.807, 2.05) is 47.0 Å². The van der Waals surface area contributed by atoms with Crippen molar-refractivity contribution in [2.75, 3.05) is 5.75 Å². The van der Waals surface area contributed by atoms with Crippen LogP contribution in [0.4, 0.5) is 0 Å². The molecule has 0 spiro atoms. The molecule has 0 aliphatic heterocycles. The van der Waals surface area contributed by atoms with Crippen molar-refractivity contribution < 1.29 is 19.1 Å². The average Bonchev–Trinajstić information content (AvgIpc) is 3.48. The monoisotopic (exact) mass is 463 g/mol. The summed E-state index contributed by atoms with van der Waals surface area (Å²) in [5.41, 5.74) is 0.574. The van der Waals surface area contributed by atoms with E-state index in [0.717, 1.165) is 42.2 Å². The number of fused-ring (bicyclic) bond motifs is 1. The number of esters is 1. The first-order chi connectivity index (χ1) is 16.2. The standard InChI is InChI=1S/C25H25N3O4S/c29-22-14-18-8-5-4-7-17(18)13-21(22)24-26-27-25(28(24)15-20-11-6-12-31-20)33-16-23(30)32-19-9-2-1-3-10-19/h4-8,11-14,19,29H,1-3,9-10,15-16H2. The number of ether oxygens (including phenoxy) is 1. The van der Waals surface area contributed by atoms with Crippen molar-refractivity contribution in [3.8, 4) is 17.1 Å². The summed E-state index contributed by atoms with van der Waals surface area (Å²) in [5, 5.41) is 21.9. The number of aromatic hydroxyl groups is 1. The summed E-state index contributed by atoms with van der Waals surface area (Å²) in [6.45, 7) is 0.377. The van der Waals surface area contributed by atoms with Crippen LogP contribution in [0.25, 0.3) is 22.2 Å². The molecule has 4 aromatic rings. The third-order valence-electron chi connectivity index (χ3n) is 5.89. The zero-order valence-corrected chi connectivity index (χ0v) is 19.0. The van der Waals surface area contributed by atoms with Crippen LogP contribution in [0.15, 0.2) is 64.4 Å². The number of nitrogens with zero attached hydrogens (tertiary/aromatic N) is 3. The van der Waals surface area contributed by atoms with E-state index >= 15 is 0 Å². The fourth-order valence-electron chi connectivity index (χ4n) is 4.23. The summed E-state index contributed by atoms with van der Waals surface area (Å²) in [5.74, 6) is 1.27. The second kappa shape index (κ2) is 9.70. The fourth-order valence-corrected chi connectivity index (χ4v) is 4.95. The number of carbonyl (C=O) groups excluding carboxylic acids is 1. The molecule has 5 rings (SSSR count). The molecule has 0 unspecified atom stereocenters. The van der Waals surface area contributed by atoms with Crippen LogP contribution < -0.4 is 0 Å². The highest BCUT2D eigenvalue weighted by atomic mass is 32.2. The molecule has 1 N–H and O–H groups in total. The SMILES string of the molecule is O=C(CSc1nnc(-c2cc3ccccc3cc2O)n1Cc1ccco1)OC1CCCCC1. The average molecular weight is 464 g/mol. The van der Waals surface area contributed by atoms with Gasteiger partial charge in [-0.1, -0.05) is 42.4 Å². The molecule has 0 saturated heterocycles. The van der Waals surface area contributed by atoms with Crippen molar-refractivity contribution in [1.82, 2.24) is 14.8 Å². The summed E-state index contributed by atoms with van der Waals surface area (Å²) >= 11 is 1.28. The van der Waals surface area contributed by atoms with Gasteiger partial charge >= 0.3 is 5.97 Å². The van der Waals surface area contributed by atoms with E-state index in [2.05, 4.69) is 10.2 Å². The number of furan rings is 1. The predicted molar refractivity (Wildman–Crippen MR) is 126 cm³/mol. The van der Waals surface area contributed by atoms with Crippen LogP contribution in [0.1, 0.15) is 37.9 Å². The molecule has 0 bridgehead atoms. The van der Waals surface area contributed by atoms with Gasteiger partial charge in [0.2, 0.25) is 0 Å². The lowest BCUT2D eigenvalue weighted by Crippen LogP contribution is -2.22. The molecule has 1 saturated carbocycles. The number of hydrogen-bond acceptors (Lipinski definition) is 7. The highest BCUT2D eigenvalue weighted by molar-refractivity contribution is 7.99. The molecule has 2 heterocycles. The highest BCUT2D eigenvalue weighted by Gasteiger charge is 2.22. The molecule has 33 heavy (non-hydrogen) atoms. The van der Waals surface area contributed by atoms with Crippen LogP contribution in [-0.2, 0) is 16.1 Å². The van der Waals surface area contributed by atoms with Crippen molar-refractivity contribution in [3.63, 3.8) is 0 Å². The van der Waals surface area contributed by atoms with E-state index in [4.69, 9.17) is 9.15 Å².